The molecule has 4 aromatic rings. The van der Waals surface area contributed by atoms with Crippen LogP contribution in [-0.2, 0) is 4.79 Å². The van der Waals surface area contributed by atoms with E-state index >= 15 is 0 Å². The Balaban J connectivity index is 1.23. The molecule has 1 saturated heterocycles. The Bertz CT molecular complexity index is 1220. The lowest BCUT2D eigenvalue weighted by Crippen LogP contribution is -2.38. The molecule has 162 valence electrons. The predicted octanol–water partition coefficient (Wildman–Crippen LogP) is 4.01. The molecule has 1 N–H and O–H groups in total. The van der Waals surface area contributed by atoms with E-state index in [1.165, 1.54) is 6.33 Å². The number of hydrogen-bond donors (Lipinski definition) is 1. The number of benzene rings is 1. The number of rotatable bonds is 5. The van der Waals surface area contributed by atoms with E-state index in [1.54, 1.807) is 30.8 Å². The normalized spacial score (nSPS) is 14.5. The largest absolute Gasteiger partial charge is 0.497 e. The molecule has 0 aliphatic carbocycles. The smallest absolute Gasteiger partial charge is 0.227 e. The molecule has 5 rings (SSSR count). The Morgan fingerprint density at radius 3 is 2.53 bits per heavy atom. The molecule has 1 aromatic carbocycles. The third-order valence-corrected chi connectivity index (χ3v) is 6.62. The molecule has 4 heterocycles. The van der Waals surface area contributed by atoms with Gasteiger partial charge < -0.3 is 15.0 Å². The zero-order chi connectivity index (χ0) is 21.9. The summed E-state index contributed by atoms with van der Waals surface area (Å²) in [6.45, 7) is 1.58. The number of hydrogen-bond acceptors (Lipinski definition) is 8. The van der Waals surface area contributed by atoms with Gasteiger partial charge in [-0.3, -0.25) is 4.79 Å². The van der Waals surface area contributed by atoms with Crippen molar-refractivity contribution in [3.05, 3.63) is 55.1 Å². The van der Waals surface area contributed by atoms with Crippen LogP contribution in [0.15, 0.2) is 55.1 Å². The first-order chi connectivity index (χ1) is 15.7. The van der Waals surface area contributed by atoms with Crippen molar-refractivity contribution in [3.63, 3.8) is 0 Å². The second-order valence-corrected chi connectivity index (χ2v) is 8.58. The zero-order valence-corrected chi connectivity index (χ0v) is 18.4. The number of pyridine rings is 1. The van der Waals surface area contributed by atoms with E-state index in [1.807, 2.05) is 36.4 Å². The van der Waals surface area contributed by atoms with Gasteiger partial charge in [-0.15, -0.1) is 0 Å². The fourth-order valence-corrected chi connectivity index (χ4v) is 4.78. The number of ether oxygens (including phenoxy) is 1. The van der Waals surface area contributed by atoms with Gasteiger partial charge in [0.05, 0.1) is 12.8 Å². The molecule has 1 amide bonds. The van der Waals surface area contributed by atoms with Gasteiger partial charge in [-0.1, -0.05) is 11.3 Å². The number of methoxy groups -OCH3 is 1. The third kappa shape index (κ3) is 4.24. The minimum absolute atomic E-state index is 0.00876. The molecule has 0 bridgehead atoms. The summed E-state index contributed by atoms with van der Waals surface area (Å²) in [5.74, 6) is 0.826. The summed E-state index contributed by atoms with van der Waals surface area (Å²) in [4.78, 5) is 33.5. The Kier molecular flexibility index (Phi) is 5.64. The van der Waals surface area contributed by atoms with E-state index in [0.717, 1.165) is 64.1 Å². The molecule has 8 nitrogen and oxygen atoms in total. The molecule has 0 unspecified atom stereocenters. The Morgan fingerprint density at radius 2 is 1.81 bits per heavy atom. The fraction of sp³-hybridized carbons (Fsp3) is 0.261. The van der Waals surface area contributed by atoms with Crippen molar-refractivity contribution in [3.8, 4) is 17.0 Å². The summed E-state index contributed by atoms with van der Waals surface area (Å²) in [5, 5.41) is 3.96. The molecule has 0 atom stereocenters. The first-order valence-corrected chi connectivity index (χ1v) is 11.2. The van der Waals surface area contributed by atoms with Crippen molar-refractivity contribution >= 4 is 38.4 Å². The number of thiazole rings is 1. The number of nitrogens with zero attached hydrogens (tertiary/aromatic N) is 5. The van der Waals surface area contributed by atoms with Gasteiger partial charge in [0, 0.05) is 42.7 Å². The van der Waals surface area contributed by atoms with Gasteiger partial charge in [-0.25, -0.2) is 19.9 Å². The average Bonchev–Trinajstić information content (AvgIpc) is 3.29. The van der Waals surface area contributed by atoms with Crippen molar-refractivity contribution in [2.45, 2.75) is 12.8 Å². The molecule has 1 aliphatic heterocycles. The van der Waals surface area contributed by atoms with E-state index in [4.69, 9.17) is 14.7 Å². The lowest BCUT2D eigenvalue weighted by Gasteiger charge is -2.31. The van der Waals surface area contributed by atoms with Crippen LogP contribution in [0.25, 0.3) is 21.6 Å². The summed E-state index contributed by atoms with van der Waals surface area (Å²) >= 11 is 1.58. The maximum absolute atomic E-state index is 12.7. The van der Waals surface area contributed by atoms with E-state index in [0.29, 0.717) is 0 Å². The van der Waals surface area contributed by atoms with Crippen molar-refractivity contribution in [1.82, 2.24) is 19.9 Å². The second kappa shape index (κ2) is 8.88. The van der Waals surface area contributed by atoms with Crippen LogP contribution < -0.4 is 15.0 Å². The first kappa shape index (κ1) is 20.3. The molecule has 3 aromatic heterocycles. The standard InChI is InChI=1S/C23H22N6O2S/c1-31-18-4-2-17(3-5-18)26-21(30)15-8-10-29(11-9-15)23-28-20-7-6-19(27-22(20)32-23)16-12-24-14-25-13-16/h2-7,12-15H,8-11H2,1H3,(H,26,30). The second-order valence-electron chi connectivity index (χ2n) is 7.62. The van der Waals surface area contributed by atoms with E-state index in [9.17, 15) is 4.79 Å². The molecule has 9 heteroatoms. The van der Waals surface area contributed by atoms with Gasteiger partial charge in [0.15, 0.2) is 5.13 Å². The summed E-state index contributed by atoms with van der Waals surface area (Å²) in [6, 6.07) is 11.3. The number of carbonyl (C=O) groups excluding carboxylic acids is 1. The first-order valence-electron chi connectivity index (χ1n) is 10.4. The van der Waals surface area contributed by atoms with Crippen LogP contribution in [0.3, 0.4) is 0 Å². The van der Waals surface area contributed by atoms with E-state index < -0.39 is 0 Å². The minimum Gasteiger partial charge on any atom is -0.497 e. The number of piperidine rings is 1. The number of anilines is 2. The lowest BCUT2D eigenvalue weighted by molar-refractivity contribution is -0.120. The molecular weight excluding hydrogens is 424 g/mol. The van der Waals surface area contributed by atoms with Crippen LogP contribution in [0.2, 0.25) is 0 Å². The highest BCUT2D eigenvalue weighted by molar-refractivity contribution is 7.21. The molecule has 32 heavy (non-hydrogen) atoms. The van der Waals surface area contributed by atoms with Gasteiger partial charge in [0.1, 0.15) is 22.4 Å². The highest BCUT2D eigenvalue weighted by Crippen LogP contribution is 2.32. The van der Waals surface area contributed by atoms with Crippen molar-refractivity contribution in [2.24, 2.45) is 5.92 Å². The van der Waals surface area contributed by atoms with Crippen LogP contribution in [0.5, 0.6) is 5.75 Å². The van der Waals surface area contributed by atoms with Gasteiger partial charge in [-0.05, 0) is 49.2 Å². The molecule has 0 radical (unpaired) electrons. The summed E-state index contributed by atoms with van der Waals surface area (Å²) in [6.07, 6.45) is 6.60. The Hall–Kier alpha value is -3.59. The zero-order valence-electron chi connectivity index (χ0n) is 17.6. The Morgan fingerprint density at radius 1 is 1.06 bits per heavy atom. The summed E-state index contributed by atoms with van der Waals surface area (Å²) in [5.41, 5.74) is 3.38. The molecule has 0 saturated carbocycles. The molecular formula is C23H22N6O2S. The number of fused-ring (bicyclic) bond motifs is 1. The van der Waals surface area contributed by atoms with Crippen LogP contribution in [0, 0.1) is 5.92 Å². The van der Waals surface area contributed by atoms with Crippen LogP contribution in [0.1, 0.15) is 12.8 Å². The average molecular weight is 447 g/mol. The van der Waals surface area contributed by atoms with E-state index in [-0.39, 0.29) is 11.8 Å². The van der Waals surface area contributed by atoms with Gasteiger partial charge in [-0.2, -0.15) is 0 Å². The topological polar surface area (TPSA) is 93.1 Å². The molecule has 1 fully saturated rings. The number of carbonyl (C=O) groups is 1. The quantitative estimate of drug-likeness (QED) is 0.495. The fourth-order valence-electron chi connectivity index (χ4n) is 3.78. The van der Waals surface area contributed by atoms with Gasteiger partial charge in [0.25, 0.3) is 0 Å². The van der Waals surface area contributed by atoms with Crippen molar-refractivity contribution < 1.29 is 9.53 Å². The minimum atomic E-state index is -0.00876. The van der Waals surface area contributed by atoms with Crippen LogP contribution in [0.4, 0.5) is 10.8 Å². The Labute approximate surface area is 189 Å². The SMILES string of the molecule is COc1ccc(NC(=O)C2CCN(c3nc4ccc(-c5cncnc5)nc4s3)CC2)cc1. The molecule has 1 aliphatic rings. The van der Waals surface area contributed by atoms with Crippen LogP contribution >= 0.6 is 11.3 Å². The maximum Gasteiger partial charge on any atom is 0.227 e. The summed E-state index contributed by atoms with van der Waals surface area (Å²) in [7, 11) is 1.63. The molecule has 0 spiro atoms. The number of nitrogens with one attached hydrogen (secondary N) is 1. The van der Waals surface area contributed by atoms with E-state index in [2.05, 4.69) is 20.2 Å². The number of aromatic nitrogens is 4. The predicted molar refractivity (Wildman–Crippen MR) is 125 cm³/mol. The van der Waals surface area contributed by atoms with Gasteiger partial charge >= 0.3 is 0 Å². The maximum atomic E-state index is 12.7. The van der Waals surface area contributed by atoms with Crippen molar-refractivity contribution in [1.29, 1.82) is 0 Å². The van der Waals surface area contributed by atoms with Crippen molar-refractivity contribution in [2.75, 3.05) is 30.4 Å². The lowest BCUT2D eigenvalue weighted by atomic mass is 9.96. The highest BCUT2D eigenvalue weighted by atomic mass is 32.1. The van der Waals surface area contributed by atoms with Crippen LogP contribution in [-0.4, -0.2) is 46.0 Å². The highest BCUT2D eigenvalue weighted by Gasteiger charge is 2.26. The third-order valence-electron chi connectivity index (χ3n) is 5.59. The monoisotopic (exact) mass is 446 g/mol. The summed E-state index contributed by atoms with van der Waals surface area (Å²) < 4.78 is 5.16. The number of amides is 1. The van der Waals surface area contributed by atoms with Gasteiger partial charge in [0.2, 0.25) is 5.91 Å².